The van der Waals surface area contributed by atoms with E-state index in [0.29, 0.717) is 31.1 Å². The van der Waals surface area contributed by atoms with Gasteiger partial charge in [-0.2, -0.15) is 0 Å². The van der Waals surface area contributed by atoms with Crippen molar-refractivity contribution in [2.75, 3.05) is 25.4 Å². The van der Waals surface area contributed by atoms with Gasteiger partial charge in [-0.25, -0.2) is 4.98 Å². The Balaban J connectivity index is 2.06. The van der Waals surface area contributed by atoms with E-state index < -0.39 is 0 Å². The predicted octanol–water partition coefficient (Wildman–Crippen LogP) is 0.915. The number of hydrogen-bond acceptors (Lipinski definition) is 4. The molecule has 2 heterocycles. The molecule has 0 spiro atoms. The standard InChI is InChI=1S/C12H17N3O2/c1-2-10-8-15(5-6-17-10)12(16)9-3-4-11(13)14-7-9/h3-4,7,10H,2,5-6,8H2,1H3,(H2,13,14). The molecule has 5 nitrogen and oxygen atoms in total. The van der Waals surface area contributed by atoms with Crippen molar-refractivity contribution in [3.05, 3.63) is 23.9 Å². The van der Waals surface area contributed by atoms with Crippen LogP contribution in [0.2, 0.25) is 0 Å². The summed E-state index contributed by atoms with van der Waals surface area (Å²) in [7, 11) is 0. The SMILES string of the molecule is CCC1CN(C(=O)c2ccc(N)nc2)CCO1. The first-order valence-corrected chi connectivity index (χ1v) is 5.83. The average molecular weight is 235 g/mol. The Morgan fingerprint density at radius 3 is 3.12 bits per heavy atom. The molecule has 17 heavy (non-hydrogen) atoms. The summed E-state index contributed by atoms with van der Waals surface area (Å²) in [6.45, 7) is 3.95. The molecule has 1 unspecified atom stereocenters. The van der Waals surface area contributed by atoms with E-state index in [9.17, 15) is 4.79 Å². The van der Waals surface area contributed by atoms with E-state index in [1.165, 1.54) is 6.20 Å². The molecule has 2 N–H and O–H groups in total. The van der Waals surface area contributed by atoms with Gasteiger partial charge in [0.1, 0.15) is 5.82 Å². The summed E-state index contributed by atoms with van der Waals surface area (Å²) in [6.07, 6.45) is 2.59. The zero-order valence-corrected chi connectivity index (χ0v) is 9.93. The fourth-order valence-electron chi connectivity index (χ4n) is 1.87. The monoisotopic (exact) mass is 235 g/mol. The zero-order chi connectivity index (χ0) is 12.3. The van der Waals surface area contributed by atoms with Gasteiger partial charge in [-0.05, 0) is 18.6 Å². The highest BCUT2D eigenvalue weighted by molar-refractivity contribution is 5.94. The number of nitrogens with zero attached hydrogens (tertiary/aromatic N) is 2. The Kier molecular flexibility index (Phi) is 3.58. The molecule has 1 aliphatic rings. The van der Waals surface area contributed by atoms with Gasteiger partial charge in [-0.3, -0.25) is 4.79 Å². The first kappa shape index (κ1) is 11.9. The normalized spacial score (nSPS) is 20.3. The smallest absolute Gasteiger partial charge is 0.255 e. The van der Waals surface area contributed by atoms with Crippen molar-refractivity contribution in [2.24, 2.45) is 0 Å². The van der Waals surface area contributed by atoms with E-state index in [1.54, 1.807) is 12.1 Å². The summed E-state index contributed by atoms with van der Waals surface area (Å²) in [4.78, 5) is 17.9. The van der Waals surface area contributed by atoms with Crippen molar-refractivity contribution in [3.8, 4) is 0 Å². The molecular formula is C12H17N3O2. The van der Waals surface area contributed by atoms with Crippen LogP contribution in [0.3, 0.4) is 0 Å². The number of carbonyl (C=O) groups excluding carboxylic acids is 1. The van der Waals surface area contributed by atoms with Crippen LogP contribution >= 0.6 is 0 Å². The van der Waals surface area contributed by atoms with Crippen molar-refractivity contribution in [2.45, 2.75) is 19.4 Å². The summed E-state index contributed by atoms with van der Waals surface area (Å²) in [5.41, 5.74) is 6.07. The minimum atomic E-state index is -0.000694. The second kappa shape index (κ2) is 5.14. The molecule has 0 aromatic carbocycles. The number of rotatable bonds is 2. The van der Waals surface area contributed by atoms with Gasteiger partial charge in [-0.15, -0.1) is 0 Å². The third kappa shape index (κ3) is 2.74. The van der Waals surface area contributed by atoms with Crippen LogP contribution in [0.5, 0.6) is 0 Å². The summed E-state index contributed by atoms with van der Waals surface area (Å²) in [5.74, 6) is 0.425. The van der Waals surface area contributed by atoms with Gasteiger partial charge in [0.2, 0.25) is 0 Å². The Labute approximate surface area is 101 Å². The number of morpholine rings is 1. The molecule has 1 fully saturated rings. The molecule has 0 bridgehead atoms. The Morgan fingerprint density at radius 1 is 1.65 bits per heavy atom. The fraction of sp³-hybridized carbons (Fsp3) is 0.500. The third-order valence-electron chi connectivity index (χ3n) is 2.91. The molecule has 5 heteroatoms. The van der Waals surface area contributed by atoms with Crippen LogP contribution in [0.15, 0.2) is 18.3 Å². The summed E-state index contributed by atoms with van der Waals surface area (Å²) >= 11 is 0. The van der Waals surface area contributed by atoms with Crippen molar-refractivity contribution >= 4 is 11.7 Å². The quantitative estimate of drug-likeness (QED) is 0.827. The van der Waals surface area contributed by atoms with Gasteiger partial charge in [0.05, 0.1) is 18.3 Å². The lowest BCUT2D eigenvalue weighted by molar-refractivity contribution is -0.0226. The highest BCUT2D eigenvalue weighted by Crippen LogP contribution is 2.12. The molecule has 0 aliphatic carbocycles. The summed E-state index contributed by atoms with van der Waals surface area (Å²) in [5, 5.41) is 0. The minimum absolute atomic E-state index is 0.000694. The molecule has 1 aromatic rings. The van der Waals surface area contributed by atoms with Crippen LogP contribution < -0.4 is 5.73 Å². The highest BCUT2D eigenvalue weighted by Gasteiger charge is 2.23. The maximum Gasteiger partial charge on any atom is 0.255 e. The van der Waals surface area contributed by atoms with E-state index in [-0.39, 0.29) is 12.0 Å². The third-order valence-corrected chi connectivity index (χ3v) is 2.91. The number of carbonyl (C=O) groups is 1. The van der Waals surface area contributed by atoms with Crippen molar-refractivity contribution in [3.63, 3.8) is 0 Å². The van der Waals surface area contributed by atoms with Crippen molar-refractivity contribution in [1.29, 1.82) is 0 Å². The number of hydrogen-bond donors (Lipinski definition) is 1. The topological polar surface area (TPSA) is 68.5 Å². The van der Waals surface area contributed by atoms with E-state index >= 15 is 0 Å². The number of amides is 1. The molecule has 0 radical (unpaired) electrons. The van der Waals surface area contributed by atoms with Crippen LogP contribution in [-0.4, -0.2) is 41.6 Å². The molecule has 1 saturated heterocycles. The lowest BCUT2D eigenvalue weighted by Crippen LogP contribution is -2.45. The lowest BCUT2D eigenvalue weighted by Gasteiger charge is -2.32. The van der Waals surface area contributed by atoms with Gasteiger partial charge in [0.15, 0.2) is 0 Å². The molecule has 1 amide bonds. The molecule has 1 aliphatic heterocycles. The van der Waals surface area contributed by atoms with E-state index in [4.69, 9.17) is 10.5 Å². The number of aromatic nitrogens is 1. The molecule has 1 aromatic heterocycles. The number of pyridine rings is 1. The van der Waals surface area contributed by atoms with E-state index in [2.05, 4.69) is 11.9 Å². The summed E-state index contributed by atoms with van der Waals surface area (Å²) < 4.78 is 5.53. The maximum atomic E-state index is 12.2. The Morgan fingerprint density at radius 2 is 2.47 bits per heavy atom. The van der Waals surface area contributed by atoms with Crippen molar-refractivity contribution in [1.82, 2.24) is 9.88 Å². The van der Waals surface area contributed by atoms with Gasteiger partial charge < -0.3 is 15.4 Å². The van der Waals surface area contributed by atoms with Crippen LogP contribution in [0.1, 0.15) is 23.7 Å². The zero-order valence-electron chi connectivity index (χ0n) is 9.93. The molecule has 0 saturated carbocycles. The minimum Gasteiger partial charge on any atom is -0.384 e. The molecule has 1 atom stereocenters. The summed E-state index contributed by atoms with van der Waals surface area (Å²) in [6, 6.07) is 3.35. The molecular weight excluding hydrogens is 218 g/mol. The average Bonchev–Trinajstić information content (AvgIpc) is 2.39. The van der Waals surface area contributed by atoms with Crippen LogP contribution in [-0.2, 0) is 4.74 Å². The second-order valence-corrected chi connectivity index (χ2v) is 4.12. The first-order chi connectivity index (χ1) is 8.20. The van der Waals surface area contributed by atoms with Crippen LogP contribution in [0.4, 0.5) is 5.82 Å². The van der Waals surface area contributed by atoms with E-state index in [1.807, 2.05) is 4.90 Å². The Hall–Kier alpha value is -1.62. The number of ether oxygens (including phenoxy) is 1. The van der Waals surface area contributed by atoms with E-state index in [0.717, 1.165) is 6.42 Å². The number of nitrogens with two attached hydrogens (primary N) is 1. The maximum absolute atomic E-state index is 12.2. The van der Waals surface area contributed by atoms with Gasteiger partial charge in [0, 0.05) is 19.3 Å². The fourth-order valence-corrected chi connectivity index (χ4v) is 1.87. The lowest BCUT2D eigenvalue weighted by atomic mass is 10.2. The van der Waals surface area contributed by atoms with Gasteiger partial charge in [0.25, 0.3) is 5.91 Å². The number of nitrogen functional groups attached to an aromatic ring is 1. The molecule has 2 rings (SSSR count). The number of anilines is 1. The van der Waals surface area contributed by atoms with Crippen LogP contribution in [0, 0.1) is 0 Å². The Bertz CT molecular complexity index is 391. The van der Waals surface area contributed by atoms with Crippen LogP contribution in [0.25, 0.3) is 0 Å². The largest absolute Gasteiger partial charge is 0.384 e. The molecule has 92 valence electrons. The first-order valence-electron chi connectivity index (χ1n) is 5.83. The predicted molar refractivity (Wildman–Crippen MR) is 64.6 cm³/mol. The highest BCUT2D eigenvalue weighted by atomic mass is 16.5. The van der Waals surface area contributed by atoms with Gasteiger partial charge in [-0.1, -0.05) is 6.92 Å². The van der Waals surface area contributed by atoms with Gasteiger partial charge >= 0.3 is 0 Å². The second-order valence-electron chi connectivity index (χ2n) is 4.12. The van der Waals surface area contributed by atoms with Crippen molar-refractivity contribution < 1.29 is 9.53 Å².